The molecule has 3 nitrogen and oxygen atoms in total. The Hall–Kier alpha value is -1.17. The molecule has 3 heteroatoms. The average molecular weight is 125 g/mol. The molecule has 0 unspecified atom stereocenters. The summed E-state index contributed by atoms with van der Waals surface area (Å²) in [5, 5.41) is 0. The van der Waals surface area contributed by atoms with E-state index in [0.717, 1.165) is 0 Å². The summed E-state index contributed by atoms with van der Waals surface area (Å²) in [6.07, 6.45) is 4.32. The van der Waals surface area contributed by atoms with E-state index in [1.54, 1.807) is 7.05 Å². The summed E-state index contributed by atoms with van der Waals surface area (Å²) in [5.74, 6) is 2.34. The normalized spacial score (nSPS) is 25.6. The minimum Gasteiger partial charge on any atom is -0.431 e. The highest BCUT2D eigenvalue weighted by molar-refractivity contribution is 5.70. The fourth-order valence-electron chi connectivity index (χ4n) is 0.659. The Bertz CT molecular complexity index is 170. The van der Waals surface area contributed by atoms with Crippen molar-refractivity contribution in [1.82, 2.24) is 4.90 Å². The fraction of sp³-hybridized carbons (Fsp3) is 0.500. The van der Waals surface area contributed by atoms with Gasteiger partial charge in [-0.25, -0.2) is 4.79 Å². The van der Waals surface area contributed by atoms with Gasteiger partial charge in [0.1, 0.15) is 0 Å². The van der Waals surface area contributed by atoms with Gasteiger partial charge in [0.25, 0.3) is 0 Å². The minimum atomic E-state index is -0.345. The molecule has 1 rings (SSSR count). The molecule has 0 aliphatic carbocycles. The lowest BCUT2D eigenvalue weighted by Crippen LogP contribution is -2.18. The van der Waals surface area contributed by atoms with E-state index >= 15 is 0 Å². The zero-order chi connectivity index (χ0) is 6.85. The number of cyclic esters (lactones) is 1. The van der Waals surface area contributed by atoms with Crippen LogP contribution in [0.15, 0.2) is 0 Å². The van der Waals surface area contributed by atoms with Crippen molar-refractivity contribution in [3.63, 3.8) is 0 Å². The van der Waals surface area contributed by atoms with Crippen molar-refractivity contribution in [2.24, 2.45) is 0 Å². The summed E-state index contributed by atoms with van der Waals surface area (Å²) >= 11 is 0. The SMILES string of the molecule is C#C[C@@H]1CN(C)C(=O)O1. The maximum atomic E-state index is 10.6. The third kappa shape index (κ3) is 0.968. The maximum absolute atomic E-state index is 10.6. The first-order valence-electron chi connectivity index (χ1n) is 2.62. The van der Waals surface area contributed by atoms with Crippen LogP contribution in [0.25, 0.3) is 0 Å². The highest BCUT2D eigenvalue weighted by Crippen LogP contribution is 2.06. The Morgan fingerprint density at radius 1 is 2.00 bits per heavy atom. The molecular formula is C6H7NO2. The van der Waals surface area contributed by atoms with Crippen LogP contribution >= 0.6 is 0 Å². The molecule has 9 heavy (non-hydrogen) atoms. The second kappa shape index (κ2) is 1.98. The predicted molar refractivity (Wildman–Crippen MR) is 31.7 cm³/mol. The fourth-order valence-corrected chi connectivity index (χ4v) is 0.659. The summed E-state index contributed by atoms with van der Waals surface area (Å²) in [6.45, 7) is 0.509. The number of terminal acetylenes is 1. The highest BCUT2D eigenvalue weighted by atomic mass is 16.6. The van der Waals surface area contributed by atoms with Crippen LogP contribution in [-0.4, -0.2) is 30.7 Å². The van der Waals surface area contributed by atoms with Crippen LogP contribution in [0.4, 0.5) is 4.79 Å². The van der Waals surface area contributed by atoms with E-state index in [2.05, 4.69) is 10.7 Å². The van der Waals surface area contributed by atoms with Gasteiger partial charge in [-0.1, -0.05) is 5.92 Å². The van der Waals surface area contributed by atoms with Crippen molar-refractivity contribution < 1.29 is 9.53 Å². The molecule has 1 aliphatic heterocycles. The molecule has 0 aromatic rings. The van der Waals surface area contributed by atoms with Crippen LogP contribution in [0, 0.1) is 12.3 Å². The number of carbonyl (C=O) groups excluding carboxylic acids is 1. The molecule has 1 aliphatic rings. The lowest BCUT2D eigenvalue weighted by atomic mass is 10.4. The number of rotatable bonds is 0. The molecular weight excluding hydrogens is 118 g/mol. The molecule has 0 N–H and O–H groups in total. The molecule has 0 spiro atoms. The van der Waals surface area contributed by atoms with Crippen molar-refractivity contribution in [1.29, 1.82) is 0 Å². The van der Waals surface area contributed by atoms with Gasteiger partial charge in [0.2, 0.25) is 0 Å². The highest BCUT2D eigenvalue weighted by Gasteiger charge is 2.25. The van der Waals surface area contributed by atoms with Gasteiger partial charge < -0.3 is 9.64 Å². The molecule has 0 radical (unpaired) electrons. The average Bonchev–Trinajstić information content (AvgIpc) is 2.13. The number of hydrogen-bond acceptors (Lipinski definition) is 2. The van der Waals surface area contributed by atoms with Crippen LogP contribution in [-0.2, 0) is 4.74 Å². The van der Waals surface area contributed by atoms with Crippen LogP contribution in [0.3, 0.4) is 0 Å². The van der Waals surface area contributed by atoms with Crippen molar-refractivity contribution in [3.8, 4) is 12.3 Å². The number of ether oxygens (including phenoxy) is 1. The van der Waals surface area contributed by atoms with Gasteiger partial charge >= 0.3 is 6.09 Å². The van der Waals surface area contributed by atoms with E-state index in [0.29, 0.717) is 6.54 Å². The lowest BCUT2D eigenvalue weighted by Gasteiger charge is -1.98. The molecule has 48 valence electrons. The van der Waals surface area contributed by atoms with Crippen molar-refractivity contribution in [2.45, 2.75) is 6.10 Å². The van der Waals surface area contributed by atoms with Gasteiger partial charge in [-0.05, 0) is 0 Å². The van der Waals surface area contributed by atoms with Gasteiger partial charge in [0, 0.05) is 7.05 Å². The number of likely N-dealkylation sites (N-methyl/N-ethyl adjacent to an activating group) is 1. The Morgan fingerprint density at radius 2 is 2.67 bits per heavy atom. The largest absolute Gasteiger partial charge is 0.431 e. The molecule has 1 atom stereocenters. The molecule has 1 amide bonds. The van der Waals surface area contributed by atoms with Crippen LogP contribution in [0.1, 0.15) is 0 Å². The quantitative estimate of drug-likeness (QED) is 0.429. The number of amides is 1. The number of nitrogens with zero attached hydrogens (tertiary/aromatic N) is 1. The molecule has 1 heterocycles. The summed E-state index contributed by atoms with van der Waals surface area (Å²) in [7, 11) is 1.65. The van der Waals surface area contributed by atoms with E-state index in [1.165, 1.54) is 4.90 Å². The third-order valence-electron chi connectivity index (χ3n) is 1.18. The van der Waals surface area contributed by atoms with Crippen molar-refractivity contribution in [2.75, 3.05) is 13.6 Å². The number of hydrogen-bond donors (Lipinski definition) is 0. The molecule has 0 saturated carbocycles. The summed E-state index contributed by atoms with van der Waals surface area (Å²) in [5.41, 5.74) is 0. The van der Waals surface area contributed by atoms with Crippen molar-refractivity contribution in [3.05, 3.63) is 0 Å². The zero-order valence-corrected chi connectivity index (χ0v) is 5.13. The third-order valence-corrected chi connectivity index (χ3v) is 1.18. The van der Waals surface area contributed by atoms with Gasteiger partial charge in [-0.3, -0.25) is 0 Å². The van der Waals surface area contributed by atoms with E-state index in [9.17, 15) is 4.79 Å². The lowest BCUT2D eigenvalue weighted by molar-refractivity contribution is 0.151. The molecule has 1 saturated heterocycles. The Balaban J connectivity index is 2.57. The van der Waals surface area contributed by atoms with Crippen molar-refractivity contribution >= 4 is 6.09 Å². The standard InChI is InChI=1S/C6H7NO2/c1-3-5-4-7(2)6(8)9-5/h1,5H,4H2,2H3/t5-/m1/s1. The molecule has 0 aromatic carbocycles. The van der Waals surface area contributed by atoms with Gasteiger partial charge in [-0.2, -0.15) is 0 Å². The minimum absolute atomic E-state index is 0.335. The van der Waals surface area contributed by atoms with Crippen LogP contribution in [0.2, 0.25) is 0 Å². The predicted octanol–water partition coefficient (Wildman–Crippen LogP) is 0.0702. The van der Waals surface area contributed by atoms with Gasteiger partial charge in [0.05, 0.1) is 6.54 Å². The second-order valence-corrected chi connectivity index (χ2v) is 1.92. The molecule has 0 bridgehead atoms. The van der Waals surface area contributed by atoms with E-state index in [4.69, 9.17) is 6.42 Å². The van der Waals surface area contributed by atoms with E-state index < -0.39 is 0 Å². The molecule has 1 fully saturated rings. The monoisotopic (exact) mass is 125 g/mol. The summed E-state index contributed by atoms with van der Waals surface area (Å²) < 4.78 is 4.67. The first-order chi connectivity index (χ1) is 4.24. The van der Waals surface area contributed by atoms with Gasteiger partial charge in [0.15, 0.2) is 6.10 Å². The van der Waals surface area contributed by atoms with Crippen LogP contribution < -0.4 is 0 Å². The Kier molecular flexibility index (Phi) is 1.31. The topological polar surface area (TPSA) is 29.5 Å². The zero-order valence-electron chi connectivity index (χ0n) is 5.13. The van der Waals surface area contributed by atoms with Crippen LogP contribution in [0.5, 0.6) is 0 Å². The Morgan fingerprint density at radius 3 is 2.89 bits per heavy atom. The first kappa shape index (κ1) is 5.96. The summed E-state index contributed by atoms with van der Waals surface area (Å²) in [6, 6.07) is 0. The smallest absolute Gasteiger partial charge is 0.410 e. The van der Waals surface area contributed by atoms with E-state index in [-0.39, 0.29) is 12.2 Å². The first-order valence-corrected chi connectivity index (χ1v) is 2.62. The maximum Gasteiger partial charge on any atom is 0.410 e. The Labute approximate surface area is 53.6 Å². The van der Waals surface area contributed by atoms with E-state index in [1.807, 2.05) is 0 Å². The second-order valence-electron chi connectivity index (χ2n) is 1.92. The number of carbonyl (C=O) groups is 1. The summed E-state index contributed by atoms with van der Waals surface area (Å²) in [4.78, 5) is 12.0. The molecule has 0 aromatic heterocycles. The van der Waals surface area contributed by atoms with Gasteiger partial charge in [-0.15, -0.1) is 6.42 Å².